The molecular weight excluding hydrogens is 500 g/mol. The summed E-state index contributed by atoms with van der Waals surface area (Å²) in [6.45, 7) is 6.35. The molecule has 1 unspecified atom stereocenters. The molecule has 2 aromatic rings. The maximum atomic E-state index is 13.0. The Hall–Kier alpha value is -1.86. The summed E-state index contributed by atoms with van der Waals surface area (Å²) in [4.78, 5) is 26.9. The van der Waals surface area contributed by atoms with Crippen molar-refractivity contribution in [1.29, 1.82) is 0 Å². The Balaban J connectivity index is 2.14. The minimum Gasteiger partial charge on any atom is -0.483 e. The van der Waals surface area contributed by atoms with Crippen LogP contribution < -0.4 is 10.1 Å². The third-order valence-electron chi connectivity index (χ3n) is 4.54. The molecule has 0 spiro atoms. The highest BCUT2D eigenvalue weighted by atomic mass is 79.9. The van der Waals surface area contributed by atoms with E-state index in [2.05, 4.69) is 44.1 Å². The number of ether oxygens (including phenoxy) is 1. The Labute approximate surface area is 189 Å². The van der Waals surface area contributed by atoms with Crippen LogP contribution in [0.2, 0.25) is 0 Å². The standard InChI is InChI=1S/C22H26Br2N2O3/c1-4-16-8-11-20(19(24)12-16)29-14-21(27)26(15(3)22(28)25-5-2)13-17-6-9-18(23)10-7-17/h6-12,15H,4-5,13-14H2,1-3H3,(H,25,28). The summed E-state index contributed by atoms with van der Waals surface area (Å²) in [6, 6.07) is 12.9. The van der Waals surface area contributed by atoms with Crippen LogP contribution in [-0.4, -0.2) is 35.9 Å². The quantitative estimate of drug-likeness (QED) is 0.516. The van der Waals surface area contributed by atoms with Gasteiger partial charge in [0.1, 0.15) is 11.8 Å². The molecule has 0 aromatic heterocycles. The van der Waals surface area contributed by atoms with E-state index in [-0.39, 0.29) is 18.4 Å². The molecule has 0 aliphatic carbocycles. The molecule has 2 amide bonds. The lowest BCUT2D eigenvalue weighted by atomic mass is 10.1. The van der Waals surface area contributed by atoms with Gasteiger partial charge in [0.25, 0.3) is 5.91 Å². The first-order valence-corrected chi connectivity index (χ1v) is 11.2. The zero-order chi connectivity index (χ0) is 21.4. The number of benzene rings is 2. The van der Waals surface area contributed by atoms with E-state index in [1.807, 2.05) is 49.4 Å². The second kappa shape index (κ2) is 11.4. The number of halogens is 2. The van der Waals surface area contributed by atoms with E-state index >= 15 is 0 Å². The maximum absolute atomic E-state index is 13.0. The summed E-state index contributed by atoms with van der Waals surface area (Å²) in [6.07, 6.45) is 0.919. The average molecular weight is 526 g/mol. The summed E-state index contributed by atoms with van der Waals surface area (Å²) < 4.78 is 7.51. The van der Waals surface area contributed by atoms with E-state index < -0.39 is 6.04 Å². The maximum Gasteiger partial charge on any atom is 0.261 e. The van der Waals surface area contributed by atoms with Crippen molar-refractivity contribution >= 4 is 43.7 Å². The van der Waals surface area contributed by atoms with Crippen LogP contribution in [0.25, 0.3) is 0 Å². The first kappa shape index (κ1) is 23.4. The molecule has 0 saturated heterocycles. The molecular formula is C22H26Br2N2O3. The van der Waals surface area contributed by atoms with E-state index in [1.54, 1.807) is 11.8 Å². The number of hydrogen-bond donors (Lipinski definition) is 1. The molecule has 0 radical (unpaired) electrons. The van der Waals surface area contributed by atoms with Crippen LogP contribution in [0.1, 0.15) is 31.9 Å². The van der Waals surface area contributed by atoms with Gasteiger partial charge in [-0.05, 0) is 71.6 Å². The lowest BCUT2D eigenvalue weighted by molar-refractivity contribution is -0.142. The van der Waals surface area contributed by atoms with Crippen molar-refractivity contribution in [3.63, 3.8) is 0 Å². The lowest BCUT2D eigenvalue weighted by Gasteiger charge is -2.28. The highest BCUT2D eigenvalue weighted by Crippen LogP contribution is 2.26. The molecule has 0 fully saturated rings. The van der Waals surface area contributed by atoms with E-state index in [4.69, 9.17) is 4.74 Å². The van der Waals surface area contributed by atoms with Crippen LogP contribution in [0.4, 0.5) is 0 Å². The van der Waals surface area contributed by atoms with Gasteiger partial charge >= 0.3 is 0 Å². The highest BCUT2D eigenvalue weighted by Gasteiger charge is 2.26. The topological polar surface area (TPSA) is 58.6 Å². The summed E-state index contributed by atoms with van der Waals surface area (Å²) in [5.74, 6) is 0.161. The highest BCUT2D eigenvalue weighted by molar-refractivity contribution is 9.10. The molecule has 0 aliphatic heterocycles. The Morgan fingerprint density at radius 1 is 1.07 bits per heavy atom. The molecule has 0 aliphatic rings. The Kier molecular flexibility index (Phi) is 9.17. The molecule has 156 valence electrons. The van der Waals surface area contributed by atoms with Crippen molar-refractivity contribution in [2.24, 2.45) is 0 Å². The van der Waals surface area contributed by atoms with Crippen LogP contribution in [0.15, 0.2) is 51.4 Å². The zero-order valence-corrected chi connectivity index (χ0v) is 20.0. The first-order chi connectivity index (χ1) is 13.8. The smallest absolute Gasteiger partial charge is 0.261 e. The van der Waals surface area contributed by atoms with Crippen molar-refractivity contribution < 1.29 is 14.3 Å². The van der Waals surface area contributed by atoms with Crippen LogP contribution in [0.5, 0.6) is 5.75 Å². The minimum atomic E-state index is -0.611. The molecule has 0 bridgehead atoms. The Bertz CT molecular complexity index is 840. The second-order valence-electron chi connectivity index (χ2n) is 6.63. The summed E-state index contributed by atoms with van der Waals surface area (Å²) in [5.41, 5.74) is 2.11. The van der Waals surface area contributed by atoms with Crippen LogP contribution in [0, 0.1) is 0 Å². The number of aryl methyl sites for hydroxylation is 1. The molecule has 1 N–H and O–H groups in total. The molecule has 2 rings (SSSR count). The fourth-order valence-corrected chi connectivity index (χ4v) is 3.60. The normalized spacial score (nSPS) is 11.6. The minimum absolute atomic E-state index is 0.148. The summed E-state index contributed by atoms with van der Waals surface area (Å²) in [5, 5.41) is 2.78. The molecule has 29 heavy (non-hydrogen) atoms. The molecule has 0 heterocycles. The number of rotatable bonds is 9. The monoisotopic (exact) mass is 524 g/mol. The van der Waals surface area contributed by atoms with Crippen LogP contribution >= 0.6 is 31.9 Å². The Morgan fingerprint density at radius 2 is 1.72 bits per heavy atom. The van der Waals surface area contributed by atoms with Gasteiger partial charge in [0.05, 0.1) is 4.47 Å². The third-order valence-corrected chi connectivity index (χ3v) is 5.69. The van der Waals surface area contributed by atoms with Gasteiger partial charge in [0.15, 0.2) is 6.61 Å². The van der Waals surface area contributed by atoms with Crippen molar-refractivity contribution in [3.05, 3.63) is 62.5 Å². The number of carbonyl (C=O) groups is 2. The van der Waals surface area contributed by atoms with Crippen LogP contribution in [0.3, 0.4) is 0 Å². The van der Waals surface area contributed by atoms with Gasteiger partial charge in [-0.1, -0.05) is 41.1 Å². The van der Waals surface area contributed by atoms with Gasteiger partial charge in [0.2, 0.25) is 5.91 Å². The molecule has 5 nitrogen and oxygen atoms in total. The molecule has 0 saturated carbocycles. The zero-order valence-electron chi connectivity index (χ0n) is 16.9. The fourth-order valence-electron chi connectivity index (χ4n) is 2.79. The number of carbonyl (C=O) groups excluding carboxylic acids is 2. The largest absolute Gasteiger partial charge is 0.483 e. The number of nitrogens with zero attached hydrogens (tertiary/aromatic N) is 1. The fraction of sp³-hybridized carbons (Fsp3) is 0.364. The third kappa shape index (κ3) is 6.85. The predicted octanol–water partition coefficient (Wildman–Crippen LogP) is 4.71. The van der Waals surface area contributed by atoms with Gasteiger partial charge in [-0.25, -0.2) is 0 Å². The van der Waals surface area contributed by atoms with Gasteiger partial charge in [-0.2, -0.15) is 0 Å². The number of amides is 2. The van der Waals surface area contributed by atoms with Gasteiger partial charge in [-0.3, -0.25) is 9.59 Å². The first-order valence-electron chi connectivity index (χ1n) is 9.58. The van der Waals surface area contributed by atoms with E-state index in [9.17, 15) is 9.59 Å². The summed E-state index contributed by atoms with van der Waals surface area (Å²) >= 11 is 6.90. The van der Waals surface area contributed by atoms with E-state index in [0.29, 0.717) is 18.8 Å². The molecule has 1 atom stereocenters. The molecule has 7 heteroatoms. The van der Waals surface area contributed by atoms with Crippen molar-refractivity contribution in [2.45, 2.75) is 39.8 Å². The lowest BCUT2D eigenvalue weighted by Crippen LogP contribution is -2.49. The predicted molar refractivity (Wildman–Crippen MR) is 122 cm³/mol. The Morgan fingerprint density at radius 3 is 2.31 bits per heavy atom. The van der Waals surface area contributed by atoms with Crippen molar-refractivity contribution in [3.8, 4) is 5.75 Å². The van der Waals surface area contributed by atoms with E-state index in [1.165, 1.54) is 5.56 Å². The van der Waals surface area contributed by atoms with Gasteiger partial charge < -0.3 is 15.0 Å². The molecule has 2 aromatic carbocycles. The summed E-state index contributed by atoms with van der Waals surface area (Å²) in [7, 11) is 0. The number of nitrogens with one attached hydrogen (secondary N) is 1. The van der Waals surface area contributed by atoms with Gasteiger partial charge in [0, 0.05) is 17.6 Å². The average Bonchev–Trinajstić information content (AvgIpc) is 2.71. The van der Waals surface area contributed by atoms with E-state index in [0.717, 1.165) is 20.9 Å². The number of hydrogen-bond acceptors (Lipinski definition) is 3. The van der Waals surface area contributed by atoms with Crippen molar-refractivity contribution in [1.82, 2.24) is 10.2 Å². The number of likely N-dealkylation sites (N-methyl/N-ethyl adjacent to an activating group) is 1. The SMILES string of the molecule is CCNC(=O)C(C)N(Cc1ccc(Br)cc1)C(=O)COc1ccc(CC)cc1Br. The second-order valence-corrected chi connectivity index (χ2v) is 8.40. The van der Waals surface area contributed by atoms with Crippen LogP contribution in [-0.2, 0) is 22.6 Å². The van der Waals surface area contributed by atoms with Gasteiger partial charge in [-0.15, -0.1) is 0 Å². The van der Waals surface area contributed by atoms with Crippen molar-refractivity contribution in [2.75, 3.05) is 13.2 Å².